The molecule has 1 aromatic carbocycles. The number of ether oxygens (including phenoxy) is 1. The molecule has 2 N–H and O–H groups in total. The quantitative estimate of drug-likeness (QED) is 0.875. The molecule has 0 bridgehead atoms. The predicted molar refractivity (Wildman–Crippen MR) is 72.7 cm³/mol. The van der Waals surface area contributed by atoms with Gasteiger partial charge in [-0.3, -0.25) is 4.90 Å². The standard InChI is InChI=1S/C14H21F3N2O/c1-10(2)19(9-14(15,16)17)13(8-18)11-5-4-6-12(7-11)20-3/h4-7,10,13H,8-9,18H2,1-3H3. The van der Waals surface area contributed by atoms with Gasteiger partial charge in [0.2, 0.25) is 0 Å². The van der Waals surface area contributed by atoms with E-state index in [-0.39, 0.29) is 12.6 Å². The lowest BCUT2D eigenvalue weighted by Crippen LogP contribution is -2.44. The summed E-state index contributed by atoms with van der Waals surface area (Å²) in [5, 5.41) is 0. The molecule has 1 aromatic rings. The van der Waals surface area contributed by atoms with Crippen molar-refractivity contribution in [3.8, 4) is 5.75 Å². The summed E-state index contributed by atoms with van der Waals surface area (Å²) in [5.74, 6) is 0.608. The van der Waals surface area contributed by atoms with Crippen LogP contribution in [0.1, 0.15) is 25.5 Å². The van der Waals surface area contributed by atoms with Crippen LogP contribution in [0, 0.1) is 0 Å². The van der Waals surface area contributed by atoms with Crippen molar-refractivity contribution in [1.29, 1.82) is 0 Å². The highest BCUT2D eigenvalue weighted by Crippen LogP contribution is 2.28. The number of rotatable bonds is 6. The average Bonchev–Trinajstić information content (AvgIpc) is 2.37. The number of hydrogen-bond acceptors (Lipinski definition) is 3. The van der Waals surface area contributed by atoms with Crippen LogP contribution >= 0.6 is 0 Å². The van der Waals surface area contributed by atoms with Gasteiger partial charge in [-0.2, -0.15) is 13.2 Å². The second-order valence-corrected chi connectivity index (χ2v) is 4.91. The molecular formula is C14H21F3N2O. The first kappa shape index (κ1) is 16.8. The smallest absolute Gasteiger partial charge is 0.401 e. The zero-order chi connectivity index (χ0) is 15.3. The van der Waals surface area contributed by atoms with Gasteiger partial charge in [-0.05, 0) is 31.5 Å². The molecule has 6 heteroatoms. The summed E-state index contributed by atoms with van der Waals surface area (Å²) in [6.07, 6.45) is -4.25. The van der Waals surface area contributed by atoms with Crippen LogP contribution in [0.25, 0.3) is 0 Å². The molecule has 1 rings (SSSR count). The van der Waals surface area contributed by atoms with Crippen LogP contribution in [-0.4, -0.2) is 37.3 Å². The molecule has 0 heterocycles. The van der Waals surface area contributed by atoms with Crippen molar-refractivity contribution in [3.63, 3.8) is 0 Å². The van der Waals surface area contributed by atoms with Gasteiger partial charge in [0, 0.05) is 18.6 Å². The predicted octanol–water partition coefficient (Wildman–Crippen LogP) is 2.97. The Balaban J connectivity index is 3.06. The molecule has 0 saturated carbocycles. The molecule has 0 aliphatic carbocycles. The summed E-state index contributed by atoms with van der Waals surface area (Å²) in [6.45, 7) is 2.59. The van der Waals surface area contributed by atoms with Crippen LogP contribution in [0.5, 0.6) is 5.75 Å². The number of nitrogens with zero attached hydrogens (tertiary/aromatic N) is 1. The monoisotopic (exact) mass is 290 g/mol. The number of alkyl halides is 3. The number of halogens is 3. The van der Waals surface area contributed by atoms with E-state index in [9.17, 15) is 13.2 Å². The van der Waals surface area contributed by atoms with Gasteiger partial charge in [0.05, 0.1) is 13.7 Å². The van der Waals surface area contributed by atoms with E-state index in [1.165, 1.54) is 12.0 Å². The van der Waals surface area contributed by atoms with Crippen molar-refractivity contribution >= 4 is 0 Å². The Hall–Kier alpha value is -1.27. The van der Waals surface area contributed by atoms with E-state index >= 15 is 0 Å². The van der Waals surface area contributed by atoms with Gasteiger partial charge < -0.3 is 10.5 Å². The maximum Gasteiger partial charge on any atom is 0.401 e. The summed E-state index contributed by atoms with van der Waals surface area (Å²) in [4.78, 5) is 1.36. The Morgan fingerprint density at radius 2 is 1.95 bits per heavy atom. The molecule has 0 saturated heterocycles. The maximum absolute atomic E-state index is 12.7. The average molecular weight is 290 g/mol. The van der Waals surface area contributed by atoms with Gasteiger partial charge in [-0.15, -0.1) is 0 Å². The van der Waals surface area contributed by atoms with E-state index in [2.05, 4.69) is 0 Å². The highest BCUT2D eigenvalue weighted by atomic mass is 19.4. The van der Waals surface area contributed by atoms with E-state index in [1.54, 1.807) is 38.1 Å². The zero-order valence-electron chi connectivity index (χ0n) is 11.9. The van der Waals surface area contributed by atoms with Crippen molar-refractivity contribution in [3.05, 3.63) is 29.8 Å². The number of benzene rings is 1. The van der Waals surface area contributed by atoms with Gasteiger partial charge >= 0.3 is 6.18 Å². The third-order valence-corrected chi connectivity index (χ3v) is 3.13. The van der Waals surface area contributed by atoms with E-state index in [0.717, 1.165) is 5.56 Å². The van der Waals surface area contributed by atoms with Gasteiger partial charge in [0.15, 0.2) is 0 Å². The van der Waals surface area contributed by atoms with Crippen molar-refractivity contribution in [2.24, 2.45) is 5.73 Å². The Labute approximate surface area is 117 Å². The molecule has 0 aromatic heterocycles. The first-order valence-corrected chi connectivity index (χ1v) is 6.45. The molecule has 20 heavy (non-hydrogen) atoms. The molecular weight excluding hydrogens is 269 g/mol. The minimum Gasteiger partial charge on any atom is -0.497 e. The van der Waals surface area contributed by atoms with Gasteiger partial charge in [-0.25, -0.2) is 0 Å². The van der Waals surface area contributed by atoms with Crippen LogP contribution in [0.15, 0.2) is 24.3 Å². The summed E-state index contributed by atoms with van der Waals surface area (Å²) < 4.78 is 43.3. The molecule has 0 spiro atoms. The van der Waals surface area contributed by atoms with Crippen LogP contribution in [0.4, 0.5) is 13.2 Å². The molecule has 114 valence electrons. The Morgan fingerprint density at radius 3 is 2.40 bits per heavy atom. The molecule has 0 fully saturated rings. The first-order chi connectivity index (χ1) is 9.28. The largest absolute Gasteiger partial charge is 0.497 e. The van der Waals surface area contributed by atoms with E-state index in [0.29, 0.717) is 5.75 Å². The lowest BCUT2D eigenvalue weighted by molar-refractivity contribution is -0.155. The Bertz CT molecular complexity index is 421. The lowest BCUT2D eigenvalue weighted by atomic mass is 10.0. The normalized spacial score (nSPS) is 13.8. The fraction of sp³-hybridized carbons (Fsp3) is 0.571. The number of nitrogens with two attached hydrogens (primary N) is 1. The second-order valence-electron chi connectivity index (χ2n) is 4.91. The minimum atomic E-state index is -4.25. The Morgan fingerprint density at radius 1 is 1.30 bits per heavy atom. The van der Waals surface area contributed by atoms with Gasteiger partial charge in [0.25, 0.3) is 0 Å². The minimum absolute atomic E-state index is 0.113. The summed E-state index contributed by atoms with van der Waals surface area (Å²) in [6, 6.07) is 6.24. The van der Waals surface area contributed by atoms with Crippen LogP contribution in [-0.2, 0) is 0 Å². The highest BCUT2D eigenvalue weighted by molar-refractivity contribution is 5.31. The molecule has 1 atom stereocenters. The van der Waals surface area contributed by atoms with Crippen molar-refractivity contribution < 1.29 is 17.9 Å². The van der Waals surface area contributed by atoms with Gasteiger partial charge in [0.1, 0.15) is 5.75 Å². The van der Waals surface area contributed by atoms with Gasteiger partial charge in [-0.1, -0.05) is 12.1 Å². The topological polar surface area (TPSA) is 38.5 Å². The summed E-state index contributed by atoms with van der Waals surface area (Å²) >= 11 is 0. The highest BCUT2D eigenvalue weighted by Gasteiger charge is 2.35. The van der Waals surface area contributed by atoms with Crippen LogP contribution in [0.2, 0.25) is 0 Å². The van der Waals surface area contributed by atoms with E-state index in [4.69, 9.17) is 10.5 Å². The molecule has 0 amide bonds. The fourth-order valence-electron chi connectivity index (χ4n) is 2.17. The SMILES string of the molecule is COc1cccc(C(CN)N(CC(F)(F)F)C(C)C)c1. The Kier molecular flexibility index (Phi) is 5.83. The first-order valence-electron chi connectivity index (χ1n) is 6.45. The maximum atomic E-state index is 12.7. The molecule has 1 unspecified atom stereocenters. The number of hydrogen-bond donors (Lipinski definition) is 1. The molecule has 0 radical (unpaired) electrons. The fourth-order valence-corrected chi connectivity index (χ4v) is 2.17. The molecule has 0 aliphatic rings. The number of methoxy groups -OCH3 is 1. The van der Waals surface area contributed by atoms with Crippen LogP contribution in [0.3, 0.4) is 0 Å². The van der Waals surface area contributed by atoms with E-state index < -0.39 is 18.8 Å². The third-order valence-electron chi connectivity index (χ3n) is 3.13. The third kappa shape index (κ3) is 4.68. The van der Waals surface area contributed by atoms with Crippen molar-refractivity contribution in [2.45, 2.75) is 32.1 Å². The molecule has 0 aliphatic heterocycles. The van der Waals surface area contributed by atoms with Crippen LogP contribution < -0.4 is 10.5 Å². The summed E-state index contributed by atoms with van der Waals surface area (Å²) in [7, 11) is 1.52. The molecule has 3 nitrogen and oxygen atoms in total. The second kappa shape index (κ2) is 6.95. The zero-order valence-corrected chi connectivity index (χ0v) is 11.9. The summed E-state index contributed by atoms with van der Waals surface area (Å²) in [5.41, 5.74) is 6.43. The van der Waals surface area contributed by atoms with E-state index in [1.807, 2.05) is 0 Å². The van der Waals surface area contributed by atoms with Crippen molar-refractivity contribution in [2.75, 3.05) is 20.2 Å². The van der Waals surface area contributed by atoms with Crippen molar-refractivity contribution in [1.82, 2.24) is 4.90 Å². The lowest BCUT2D eigenvalue weighted by Gasteiger charge is -2.35.